The molecule has 0 atom stereocenters. The molecular weight excluding hydrogens is 394 g/mol. The third-order valence-electron chi connectivity index (χ3n) is 4.76. The summed E-state index contributed by atoms with van der Waals surface area (Å²) in [6, 6.07) is 5.18. The molecule has 0 radical (unpaired) electrons. The molecule has 2 heterocycles. The summed E-state index contributed by atoms with van der Waals surface area (Å²) in [6.45, 7) is 7.17. The Bertz CT molecular complexity index is 1190. The van der Waals surface area contributed by atoms with Crippen molar-refractivity contribution in [3.8, 4) is 5.75 Å². The highest BCUT2D eigenvalue weighted by Gasteiger charge is 2.28. The third-order valence-corrected chi connectivity index (χ3v) is 6.69. The molecule has 0 saturated heterocycles. The number of carbonyl (C=O) groups is 1. The predicted molar refractivity (Wildman–Crippen MR) is 109 cm³/mol. The summed E-state index contributed by atoms with van der Waals surface area (Å²) >= 11 is 0. The average molecular weight is 420 g/mol. The van der Waals surface area contributed by atoms with Gasteiger partial charge < -0.3 is 9.84 Å². The number of aliphatic carboxylic acids is 1. The minimum absolute atomic E-state index is 0.0403. The maximum Gasteiger partial charge on any atom is 0.303 e. The standard InChI is InChI=1S/C20H25N3O5S/c1-12(2)28-16-7-8-18-17(10-16)15(6-9-19(24)25)11-23(18)29(26,27)20-13(3)21-22(5)14(20)4/h7-8,10-12H,6,9H2,1-5H3,(H,24,25). The summed E-state index contributed by atoms with van der Waals surface area (Å²) in [7, 11) is -2.22. The fraction of sp³-hybridized carbons (Fsp3) is 0.400. The second-order valence-corrected chi connectivity index (χ2v) is 9.07. The zero-order valence-corrected chi connectivity index (χ0v) is 17.9. The Kier molecular flexibility index (Phi) is 5.44. The maximum absolute atomic E-state index is 13.5. The topological polar surface area (TPSA) is 103 Å². The Morgan fingerprint density at radius 1 is 1.28 bits per heavy atom. The first-order chi connectivity index (χ1) is 13.5. The molecule has 1 N–H and O–H groups in total. The second-order valence-electron chi connectivity index (χ2n) is 7.32. The van der Waals surface area contributed by atoms with Crippen molar-refractivity contribution in [1.82, 2.24) is 13.8 Å². The highest BCUT2D eigenvalue weighted by molar-refractivity contribution is 7.90. The fourth-order valence-corrected chi connectivity index (χ4v) is 5.26. The molecule has 0 spiro atoms. The molecule has 29 heavy (non-hydrogen) atoms. The van der Waals surface area contributed by atoms with Gasteiger partial charge in [-0.1, -0.05) is 0 Å². The Labute approximate surface area is 169 Å². The van der Waals surface area contributed by atoms with Gasteiger partial charge in [0, 0.05) is 25.1 Å². The maximum atomic E-state index is 13.5. The summed E-state index contributed by atoms with van der Waals surface area (Å²) in [4.78, 5) is 11.2. The van der Waals surface area contributed by atoms with Crippen molar-refractivity contribution in [2.75, 3.05) is 0 Å². The van der Waals surface area contributed by atoms with Gasteiger partial charge in [-0.05, 0) is 57.9 Å². The van der Waals surface area contributed by atoms with Crippen LogP contribution in [0.25, 0.3) is 10.9 Å². The van der Waals surface area contributed by atoms with Crippen LogP contribution in [-0.4, -0.2) is 39.4 Å². The lowest BCUT2D eigenvalue weighted by atomic mass is 10.1. The van der Waals surface area contributed by atoms with Crippen LogP contribution in [0.2, 0.25) is 0 Å². The molecule has 3 rings (SSSR count). The van der Waals surface area contributed by atoms with Gasteiger partial charge in [0.25, 0.3) is 10.0 Å². The van der Waals surface area contributed by atoms with Gasteiger partial charge in [-0.25, -0.2) is 12.4 Å². The largest absolute Gasteiger partial charge is 0.491 e. The van der Waals surface area contributed by atoms with Gasteiger partial charge in [0.2, 0.25) is 0 Å². The monoisotopic (exact) mass is 419 g/mol. The molecule has 0 bridgehead atoms. The number of carboxylic acid groups (broad SMARTS) is 1. The molecule has 0 aliphatic heterocycles. The van der Waals surface area contributed by atoms with Crippen LogP contribution in [0.1, 0.15) is 37.2 Å². The Hall–Kier alpha value is -2.81. The van der Waals surface area contributed by atoms with E-state index in [0.29, 0.717) is 33.6 Å². The highest BCUT2D eigenvalue weighted by atomic mass is 32.2. The van der Waals surface area contributed by atoms with Crippen molar-refractivity contribution < 1.29 is 23.1 Å². The van der Waals surface area contributed by atoms with Crippen molar-refractivity contribution in [3.63, 3.8) is 0 Å². The van der Waals surface area contributed by atoms with Crippen LogP contribution in [0.3, 0.4) is 0 Å². The van der Waals surface area contributed by atoms with Gasteiger partial charge in [-0.15, -0.1) is 0 Å². The minimum Gasteiger partial charge on any atom is -0.491 e. The summed E-state index contributed by atoms with van der Waals surface area (Å²) in [5.74, 6) is -0.338. The van der Waals surface area contributed by atoms with E-state index in [2.05, 4.69) is 5.10 Å². The number of benzene rings is 1. The number of hydrogen-bond acceptors (Lipinski definition) is 5. The lowest BCUT2D eigenvalue weighted by Crippen LogP contribution is -2.14. The number of hydrogen-bond donors (Lipinski definition) is 1. The van der Waals surface area contributed by atoms with E-state index < -0.39 is 16.0 Å². The van der Waals surface area contributed by atoms with Crippen molar-refractivity contribution in [2.24, 2.45) is 7.05 Å². The number of nitrogens with zero attached hydrogens (tertiary/aromatic N) is 3. The van der Waals surface area contributed by atoms with Gasteiger partial charge >= 0.3 is 5.97 Å². The Morgan fingerprint density at radius 2 is 1.97 bits per heavy atom. The van der Waals surface area contributed by atoms with E-state index in [0.717, 1.165) is 0 Å². The molecule has 0 saturated carbocycles. The summed E-state index contributed by atoms with van der Waals surface area (Å²) < 4.78 is 35.4. The molecular formula is C20H25N3O5S. The normalized spacial score (nSPS) is 12.1. The van der Waals surface area contributed by atoms with Gasteiger partial charge in [-0.3, -0.25) is 9.48 Å². The van der Waals surface area contributed by atoms with E-state index in [1.54, 1.807) is 39.1 Å². The molecule has 9 heteroatoms. The van der Waals surface area contributed by atoms with E-state index >= 15 is 0 Å². The lowest BCUT2D eigenvalue weighted by Gasteiger charge is -2.11. The van der Waals surface area contributed by atoms with Crippen molar-refractivity contribution in [1.29, 1.82) is 0 Å². The van der Waals surface area contributed by atoms with E-state index in [9.17, 15) is 13.2 Å². The number of rotatable bonds is 7. The summed E-state index contributed by atoms with van der Waals surface area (Å²) in [6.07, 6.45) is 1.58. The van der Waals surface area contributed by atoms with Crippen LogP contribution < -0.4 is 4.74 Å². The first kappa shape index (κ1) is 20.9. The smallest absolute Gasteiger partial charge is 0.303 e. The van der Waals surface area contributed by atoms with Crippen LogP contribution in [0.15, 0.2) is 29.3 Å². The van der Waals surface area contributed by atoms with Gasteiger partial charge in [0.1, 0.15) is 10.6 Å². The molecule has 1 aromatic carbocycles. The van der Waals surface area contributed by atoms with Crippen molar-refractivity contribution in [2.45, 2.75) is 51.5 Å². The van der Waals surface area contributed by atoms with Crippen LogP contribution in [0, 0.1) is 13.8 Å². The number of aromatic nitrogens is 3. The zero-order valence-electron chi connectivity index (χ0n) is 17.1. The number of carboxylic acids is 1. The molecule has 0 aliphatic carbocycles. The second kappa shape index (κ2) is 7.55. The predicted octanol–water partition coefficient (Wildman–Crippen LogP) is 3.03. The van der Waals surface area contributed by atoms with Crippen LogP contribution >= 0.6 is 0 Å². The summed E-state index contributed by atoms with van der Waals surface area (Å²) in [5, 5.41) is 14.0. The molecule has 156 valence electrons. The van der Waals surface area contributed by atoms with Crippen molar-refractivity contribution in [3.05, 3.63) is 41.3 Å². The molecule has 8 nitrogen and oxygen atoms in total. The number of fused-ring (bicyclic) bond motifs is 1. The van der Waals surface area contributed by atoms with Crippen LogP contribution in [0.5, 0.6) is 5.75 Å². The van der Waals surface area contributed by atoms with Crippen LogP contribution in [-0.2, 0) is 28.3 Å². The first-order valence-corrected chi connectivity index (χ1v) is 10.7. The third kappa shape index (κ3) is 3.87. The molecule has 0 fully saturated rings. The minimum atomic E-state index is -3.91. The molecule has 0 aliphatic rings. The van der Waals surface area contributed by atoms with E-state index in [4.69, 9.17) is 9.84 Å². The Balaban J connectivity index is 2.23. The quantitative estimate of drug-likeness (QED) is 0.631. The lowest BCUT2D eigenvalue weighted by molar-refractivity contribution is -0.136. The van der Waals surface area contributed by atoms with E-state index in [1.165, 1.54) is 14.9 Å². The molecule has 2 aromatic heterocycles. The van der Waals surface area contributed by atoms with E-state index in [-0.39, 0.29) is 23.8 Å². The SMILES string of the molecule is Cc1nn(C)c(C)c1S(=O)(=O)n1cc(CCC(=O)O)c2cc(OC(C)C)ccc21. The molecule has 0 unspecified atom stereocenters. The van der Waals surface area contributed by atoms with Crippen molar-refractivity contribution >= 4 is 26.9 Å². The van der Waals surface area contributed by atoms with Crippen LogP contribution in [0.4, 0.5) is 0 Å². The molecule has 0 amide bonds. The number of aryl methyl sites for hydroxylation is 3. The highest BCUT2D eigenvalue weighted by Crippen LogP contribution is 2.32. The van der Waals surface area contributed by atoms with Gasteiger partial charge in [0.05, 0.1) is 23.0 Å². The fourth-order valence-electron chi connectivity index (χ4n) is 3.46. The average Bonchev–Trinajstić information content (AvgIpc) is 3.10. The first-order valence-electron chi connectivity index (χ1n) is 9.30. The van der Waals surface area contributed by atoms with E-state index in [1.807, 2.05) is 13.8 Å². The zero-order chi connectivity index (χ0) is 21.5. The number of ether oxygens (including phenoxy) is 1. The molecule has 3 aromatic rings. The van der Waals surface area contributed by atoms with Gasteiger partial charge in [-0.2, -0.15) is 5.10 Å². The summed E-state index contributed by atoms with van der Waals surface area (Å²) in [5.41, 5.74) is 2.07. The Morgan fingerprint density at radius 3 is 2.52 bits per heavy atom. The van der Waals surface area contributed by atoms with Gasteiger partial charge in [0.15, 0.2) is 0 Å².